The summed E-state index contributed by atoms with van der Waals surface area (Å²) >= 11 is 5.93. The first-order valence-corrected chi connectivity index (χ1v) is 11.6. The average molecular weight is 435 g/mol. The highest BCUT2D eigenvalue weighted by Gasteiger charge is 2.30. The number of hydrogen-bond donors (Lipinski definition) is 0. The van der Waals surface area contributed by atoms with Crippen LogP contribution in [-0.2, 0) is 14.8 Å². The van der Waals surface area contributed by atoms with Crippen molar-refractivity contribution in [2.45, 2.75) is 38.5 Å². The Balaban J connectivity index is 1.98. The molecule has 156 valence electrons. The molecule has 0 spiro atoms. The summed E-state index contributed by atoms with van der Waals surface area (Å²) in [5, 5.41) is 0.458. The van der Waals surface area contributed by atoms with Gasteiger partial charge in [-0.05, 0) is 80.1 Å². The van der Waals surface area contributed by atoms with E-state index in [0.717, 1.165) is 24.0 Å². The summed E-state index contributed by atoms with van der Waals surface area (Å²) in [7, 11) is -3.92. The van der Waals surface area contributed by atoms with Crippen molar-refractivity contribution in [1.29, 1.82) is 0 Å². The topological polar surface area (TPSA) is 57.7 Å². The second-order valence-electron chi connectivity index (χ2n) is 7.82. The van der Waals surface area contributed by atoms with Crippen LogP contribution in [0.5, 0.6) is 0 Å². The van der Waals surface area contributed by atoms with Crippen LogP contribution >= 0.6 is 11.6 Å². The molecule has 0 radical (unpaired) electrons. The molecule has 1 fully saturated rings. The second-order valence-corrected chi connectivity index (χ2v) is 10.1. The van der Waals surface area contributed by atoms with Crippen molar-refractivity contribution in [3.8, 4) is 0 Å². The van der Waals surface area contributed by atoms with Crippen molar-refractivity contribution in [1.82, 2.24) is 4.90 Å². The number of piperidine rings is 1. The van der Waals surface area contributed by atoms with E-state index in [4.69, 9.17) is 11.6 Å². The molecule has 1 aliphatic rings. The van der Waals surface area contributed by atoms with Crippen LogP contribution in [0.25, 0.3) is 0 Å². The molecule has 2 aromatic rings. The Morgan fingerprint density at radius 1 is 1.14 bits per heavy atom. The minimum absolute atomic E-state index is 0.111. The Bertz CT molecular complexity index is 990. The Labute approximate surface area is 178 Å². The van der Waals surface area contributed by atoms with E-state index in [1.807, 2.05) is 26.0 Å². The SMILES string of the molecule is Cc1ccc(N(CC(=O)N2CCC[C@H](C)C2)S(=O)(=O)c2ccc(Cl)cc2)cc1C. The molecule has 2 aromatic carbocycles. The minimum Gasteiger partial charge on any atom is -0.341 e. The van der Waals surface area contributed by atoms with Gasteiger partial charge < -0.3 is 4.90 Å². The highest BCUT2D eigenvalue weighted by Crippen LogP contribution is 2.27. The van der Waals surface area contributed by atoms with Gasteiger partial charge in [0.15, 0.2) is 0 Å². The molecule has 0 aliphatic carbocycles. The summed E-state index contributed by atoms with van der Waals surface area (Å²) in [5.74, 6) is 0.253. The number of aryl methyl sites for hydroxylation is 2. The van der Waals surface area contributed by atoms with Crippen molar-refractivity contribution >= 4 is 33.2 Å². The molecule has 5 nitrogen and oxygen atoms in total. The van der Waals surface area contributed by atoms with E-state index in [1.54, 1.807) is 23.1 Å². The lowest BCUT2D eigenvalue weighted by Gasteiger charge is -2.33. The summed E-state index contributed by atoms with van der Waals surface area (Å²) < 4.78 is 28.1. The Hall–Kier alpha value is -2.05. The minimum atomic E-state index is -3.92. The van der Waals surface area contributed by atoms with Gasteiger partial charge in [0.2, 0.25) is 5.91 Å². The van der Waals surface area contributed by atoms with Gasteiger partial charge in [-0.15, -0.1) is 0 Å². The maximum Gasteiger partial charge on any atom is 0.264 e. The van der Waals surface area contributed by atoms with E-state index < -0.39 is 10.0 Å². The molecule has 1 saturated heterocycles. The van der Waals surface area contributed by atoms with E-state index >= 15 is 0 Å². The third kappa shape index (κ3) is 4.93. The number of sulfonamides is 1. The number of carbonyl (C=O) groups is 1. The first-order valence-electron chi connectivity index (χ1n) is 9.82. The van der Waals surface area contributed by atoms with Crippen LogP contribution in [0.15, 0.2) is 47.4 Å². The Morgan fingerprint density at radius 3 is 2.45 bits per heavy atom. The maximum atomic E-state index is 13.4. The summed E-state index contributed by atoms with van der Waals surface area (Å²) in [4.78, 5) is 14.9. The molecule has 0 aromatic heterocycles. The zero-order valence-electron chi connectivity index (χ0n) is 17.1. The highest BCUT2D eigenvalue weighted by molar-refractivity contribution is 7.92. The molecule has 1 atom stereocenters. The fourth-order valence-corrected chi connectivity index (χ4v) is 5.10. The van der Waals surface area contributed by atoms with Gasteiger partial charge in [0.1, 0.15) is 6.54 Å². The fraction of sp³-hybridized carbons (Fsp3) is 0.409. The van der Waals surface area contributed by atoms with Gasteiger partial charge in [-0.1, -0.05) is 24.6 Å². The zero-order chi connectivity index (χ0) is 21.2. The molecule has 0 saturated carbocycles. The Kier molecular flexibility index (Phi) is 6.54. The average Bonchev–Trinajstić information content (AvgIpc) is 2.68. The van der Waals surface area contributed by atoms with Gasteiger partial charge in [0, 0.05) is 18.1 Å². The van der Waals surface area contributed by atoms with Crippen molar-refractivity contribution in [2.24, 2.45) is 5.92 Å². The van der Waals surface area contributed by atoms with Crippen LogP contribution < -0.4 is 4.31 Å². The predicted octanol–water partition coefficient (Wildman–Crippen LogP) is 4.41. The molecule has 29 heavy (non-hydrogen) atoms. The van der Waals surface area contributed by atoms with Gasteiger partial charge in [-0.2, -0.15) is 0 Å². The number of rotatable bonds is 5. The van der Waals surface area contributed by atoms with E-state index in [-0.39, 0.29) is 17.3 Å². The van der Waals surface area contributed by atoms with Crippen LogP contribution in [0.2, 0.25) is 5.02 Å². The van der Waals surface area contributed by atoms with Crippen molar-refractivity contribution in [3.05, 3.63) is 58.6 Å². The van der Waals surface area contributed by atoms with Crippen LogP contribution in [0.4, 0.5) is 5.69 Å². The van der Waals surface area contributed by atoms with Crippen molar-refractivity contribution < 1.29 is 13.2 Å². The summed E-state index contributed by atoms with van der Waals surface area (Å²) in [6.07, 6.45) is 2.04. The molecule has 1 heterocycles. The number of hydrogen-bond acceptors (Lipinski definition) is 3. The number of benzene rings is 2. The molecule has 7 heteroatoms. The van der Waals surface area contributed by atoms with E-state index in [1.165, 1.54) is 16.4 Å². The molecule has 0 N–H and O–H groups in total. The molecule has 3 rings (SSSR count). The zero-order valence-corrected chi connectivity index (χ0v) is 18.6. The second kappa shape index (κ2) is 8.76. The quantitative estimate of drug-likeness (QED) is 0.700. The number of nitrogens with zero attached hydrogens (tertiary/aromatic N) is 2. The smallest absolute Gasteiger partial charge is 0.264 e. The number of amides is 1. The monoisotopic (exact) mass is 434 g/mol. The largest absolute Gasteiger partial charge is 0.341 e. The van der Waals surface area contributed by atoms with E-state index in [9.17, 15) is 13.2 Å². The maximum absolute atomic E-state index is 13.4. The van der Waals surface area contributed by atoms with E-state index in [0.29, 0.717) is 29.7 Å². The lowest BCUT2D eigenvalue weighted by molar-refractivity contribution is -0.131. The van der Waals surface area contributed by atoms with Crippen LogP contribution in [0.1, 0.15) is 30.9 Å². The standard InChI is InChI=1S/C22H27ClN2O3S/c1-16-5-4-12-24(14-16)22(26)15-25(20-9-6-17(2)18(3)13-20)29(27,28)21-10-7-19(23)8-11-21/h6-11,13,16H,4-5,12,14-15H2,1-3H3/t16-/m0/s1. The highest BCUT2D eigenvalue weighted by atomic mass is 35.5. The van der Waals surface area contributed by atoms with Gasteiger partial charge in [-0.3, -0.25) is 9.10 Å². The summed E-state index contributed by atoms with van der Waals surface area (Å²) in [5.41, 5.74) is 2.52. The van der Waals surface area contributed by atoms with Crippen LogP contribution in [-0.4, -0.2) is 38.9 Å². The molecular formula is C22H27ClN2O3S. The number of anilines is 1. The van der Waals surface area contributed by atoms with Gasteiger partial charge in [-0.25, -0.2) is 8.42 Å². The van der Waals surface area contributed by atoms with Gasteiger partial charge in [0.05, 0.1) is 10.6 Å². The lowest BCUT2D eigenvalue weighted by Crippen LogP contribution is -2.46. The van der Waals surface area contributed by atoms with Crippen LogP contribution in [0.3, 0.4) is 0 Å². The third-order valence-corrected chi connectivity index (χ3v) is 7.51. The number of halogens is 1. The first-order chi connectivity index (χ1) is 13.7. The van der Waals surface area contributed by atoms with Gasteiger partial charge in [0.25, 0.3) is 10.0 Å². The summed E-state index contributed by atoms with van der Waals surface area (Å²) in [6, 6.07) is 11.5. The number of carbonyl (C=O) groups excluding carboxylic acids is 1. The first kappa shape index (κ1) is 21.7. The van der Waals surface area contributed by atoms with Crippen molar-refractivity contribution in [2.75, 3.05) is 23.9 Å². The van der Waals surface area contributed by atoms with Crippen LogP contribution in [0, 0.1) is 19.8 Å². The molecule has 0 unspecified atom stereocenters. The molecular weight excluding hydrogens is 408 g/mol. The molecule has 1 aliphatic heterocycles. The third-order valence-electron chi connectivity index (χ3n) is 5.47. The van der Waals surface area contributed by atoms with E-state index in [2.05, 4.69) is 6.92 Å². The summed E-state index contributed by atoms with van der Waals surface area (Å²) in [6.45, 7) is 7.13. The van der Waals surface area contributed by atoms with Gasteiger partial charge >= 0.3 is 0 Å². The fourth-order valence-electron chi connectivity index (χ4n) is 3.57. The number of likely N-dealkylation sites (tertiary alicyclic amines) is 1. The lowest BCUT2D eigenvalue weighted by atomic mass is 10.0. The predicted molar refractivity (Wildman–Crippen MR) is 117 cm³/mol. The normalized spacial score (nSPS) is 17.2. The van der Waals surface area contributed by atoms with Crippen molar-refractivity contribution in [3.63, 3.8) is 0 Å². The molecule has 0 bridgehead atoms. The Morgan fingerprint density at radius 2 is 1.83 bits per heavy atom. The molecule has 1 amide bonds.